The van der Waals surface area contributed by atoms with Crippen LogP contribution in [0.2, 0.25) is 0 Å². The molecular weight excluding hydrogens is 435 g/mol. The molecule has 0 radical (unpaired) electrons. The molecule has 2 fully saturated rings. The molecule has 4 rings (SSSR count). The van der Waals surface area contributed by atoms with Crippen LogP contribution in [0.4, 0.5) is 5.82 Å². The minimum Gasteiger partial charge on any atom is -0.383 e. The Bertz CT molecular complexity index is 844. The minimum absolute atomic E-state index is 0. The molecule has 1 amide bonds. The Kier molecular flexibility index (Phi) is 9.13. The number of hydrogen-bond donors (Lipinski definition) is 1. The maximum atomic E-state index is 13.0. The van der Waals surface area contributed by atoms with E-state index in [0.29, 0.717) is 18.9 Å². The van der Waals surface area contributed by atoms with Gasteiger partial charge >= 0.3 is 0 Å². The number of morpholine rings is 1. The van der Waals surface area contributed by atoms with Crippen molar-refractivity contribution in [2.75, 3.05) is 38.5 Å². The third kappa shape index (κ3) is 6.10. The summed E-state index contributed by atoms with van der Waals surface area (Å²) >= 11 is 0. The molecular formula is C23H32Cl2N4O2. The highest BCUT2D eigenvalue weighted by molar-refractivity contribution is 5.94. The smallest absolute Gasteiger partial charge is 0.254 e. The van der Waals surface area contributed by atoms with Crippen molar-refractivity contribution in [1.29, 1.82) is 0 Å². The monoisotopic (exact) mass is 466 g/mol. The van der Waals surface area contributed by atoms with E-state index in [0.717, 1.165) is 50.0 Å². The van der Waals surface area contributed by atoms with Gasteiger partial charge in [-0.3, -0.25) is 4.79 Å². The lowest BCUT2D eigenvalue weighted by Crippen LogP contribution is -2.60. The van der Waals surface area contributed by atoms with Crippen LogP contribution in [0.5, 0.6) is 0 Å². The summed E-state index contributed by atoms with van der Waals surface area (Å²) in [5, 5.41) is 0. The molecule has 3 heterocycles. The second-order valence-corrected chi connectivity index (χ2v) is 8.30. The second kappa shape index (κ2) is 11.1. The highest BCUT2D eigenvalue weighted by atomic mass is 35.5. The Balaban J connectivity index is 0.00000171. The first-order valence-corrected chi connectivity index (χ1v) is 10.5. The van der Waals surface area contributed by atoms with Crippen molar-refractivity contribution in [3.05, 3.63) is 59.8 Å². The summed E-state index contributed by atoms with van der Waals surface area (Å²) in [6.45, 7) is 6.31. The molecule has 2 aromatic rings. The minimum atomic E-state index is -0.230. The number of amides is 1. The van der Waals surface area contributed by atoms with Gasteiger partial charge in [0, 0.05) is 37.9 Å². The molecule has 0 bridgehead atoms. The van der Waals surface area contributed by atoms with Gasteiger partial charge in [-0.15, -0.1) is 24.8 Å². The van der Waals surface area contributed by atoms with Crippen molar-refractivity contribution in [2.24, 2.45) is 0 Å². The first kappa shape index (κ1) is 25.4. The van der Waals surface area contributed by atoms with Crippen molar-refractivity contribution < 1.29 is 9.53 Å². The molecule has 8 heteroatoms. The number of nitrogens with zero attached hydrogens (tertiary/aromatic N) is 3. The predicted octanol–water partition coefficient (Wildman–Crippen LogP) is 3.45. The van der Waals surface area contributed by atoms with E-state index in [1.165, 1.54) is 0 Å². The first-order valence-electron chi connectivity index (χ1n) is 10.5. The standard InChI is InChI=1S/C23H30N4O2.2ClH/c1-18-16-27(22(28)20-6-3-2-4-7-20)17-23(29-18)10-14-26(15-11-23)13-9-19-8-5-12-25-21(19)24;;/h2-8,12,18H,9-11,13-17H2,1H3,(H2,24,25);2*1H. The van der Waals surface area contributed by atoms with E-state index in [4.69, 9.17) is 10.5 Å². The number of anilines is 1. The van der Waals surface area contributed by atoms with E-state index in [1.54, 1.807) is 6.20 Å². The molecule has 6 nitrogen and oxygen atoms in total. The van der Waals surface area contributed by atoms with Gasteiger partial charge in [0.15, 0.2) is 0 Å². The van der Waals surface area contributed by atoms with Gasteiger partial charge in [-0.05, 0) is 49.9 Å². The fourth-order valence-electron chi connectivity index (χ4n) is 4.54. The summed E-state index contributed by atoms with van der Waals surface area (Å²) in [4.78, 5) is 21.6. The lowest BCUT2D eigenvalue weighted by Gasteiger charge is -2.49. The number of piperidine rings is 1. The molecule has 2 saturated heterocycles. The van der Waals surface area contributed by atoms with E-state index >= 15 is 0 Å². The van der Waals surface area contributed by atoms with Gasteiger partial charge in [0.2, 0.25) is 0 Å². The molecule has 0 aliphatic carbocycles. The van der Waals surface area contributed by atoms with Crippen LogP contribution in [-0.4, -0.2) is 65.1 Å². The van der Waals surface area contributed by atoms with Gasteiger partial charge in [-0.1, -0.05) is 24.3 Å². The van der Waals surface area contributed by atoms with E-state index in [2.05, 4.69) is 16.8 Å². The number of aromatic nitrogens is 1. The van der Waals surface area contributed by atoms with Crippen molar-refractivity contribution in [1.82, 2.24) is 14.8 Å². The Labute approximate surface area is 197 Å². The van der Waals surface area contributed by atoms with Crippen LogP contribution < -0.4 is 5.73 Å². The summed E-state index contributed by atoms with van der Waals surface area (Å²) in [5.41, 5.74) is 7.60. The molecule has 2 N–H and O–H groups in total. The van der Waals surface area contributed by atoms with Crippen molar-refractivity contribution in [3.63, 3.8) is 0 Å². The predicted molar refractivity (Wildman–Crippen MR) is 128 cm³/mol. The van der Waals surface area contributed by atoms with Crippen molar-refractivity contribution in [2.45, 2.75) is 37.9 Å². The number of hydrogen-bond acceptors (Lipinski definition) is 5. The van der Waals surface area contributed by atoms with Gasteiger partial charge in [-0.2, -0.15) is 0 Å². The fraction of sp³-hybridized carbons (Fsp3) is 0.478. The Morgan fingerprint density at radius 2 is 1.87 bits per heavy atom. The summed E-state index contributed by atoms with van der Waals surface area (Å²) in [5.74, 6) is 0.732. The summed E-state index contributed by atoms with van der Waals surface area (Å²) < 4.78 is 6.41. The number of ether oxygens (including phenoxy) is 1. The highest BCUT2D eigenvalue weighted by Crippen LogP contribution is 2.33. The van der Waals surface area contributed by atoms with Gasteiger partial charge in [-0.25, -0.2) is 4.98 Å². The first-order chi connectivity index (χ1) is 14.0. The molecule has 170 valence electrons. The zero-order valence-electron chi connectivity index (χ0n) is 17.9. The number of carbonyl (C=O) groups is 1. The van der Waals surface area contributed by atoms with E-state index in [-0.39, 0.29) is 42.4 Å². The fourth-order valence-corrected chi connectivity index (χ4v) is 4.54. The summed E-state index contributed by atoms with van der Waals surface area (Å²) in [7, 11) is 0. The van der Waals surface area contributed by atoms with Crippen LogP contribution in [0, 0.1) is 0 Å². The topological polar surface area (TPSA) is 71.7 Å². The zero-order chi connectivity index (χ0) is 20.3. The number of nitrogen functional groups attached to an aromatic ring is 1. The third-order valence-electron chi connectivity index (χ3n) is 6.11. The molecule has 1 aromatic heterocycles. The quantitative estimate of drug-likeness (QED) is 0.746. The summed E-state index contributed by atoms with van der Waals surface area (Å²) in [6.07, 6.45) is 4.57. The Morgan fingerprint density at radius 3 is 2.55 bits per heavy atom. The van der Waals surface area contributed by atoms with Crippen LogP contribution in [-0.2, 0) is 11.2 Å². The molecule has 2 aliphatic heterocycles. The molecule has 1 unspecified atom stereocenters. The lowest BCUT2D eigenvalue weighted by molar-refractivity contribution is -0.161. The summed E-state index contributed by atoms with van der Waals surface area (Å²) in [6, 6.07) is 13.5. The van der Waals surface area contributed by atoms with Crippen LogP contribution in [0.15, 0.2) is 48.7 Å². The number of carbonyl (C=O) groups excluding carboxylic acids is 1. The molecule has 1 aromatic carbocycles. The van der Waals surface area contributed by atoms with Crippen LogP contribution in [0.3, 0.4) is 0 Å². The van der Waals surface area contributed by atoms with E-state index in [9.17, 15) is 4.79 Å². The number of benzene rings is 1. The number of nitrogens with two attached hydrogens (primary N) is 1. The third-order valence-corrected chi connectivity index (χ3v) is 6.11. The van der Waals surface area contributed by atoms with Crippen molar-refractivity contribution in [3.8, 4) is 0 Å². The Hall–Kier alpha value is -1.86. The second-order valence-electron chi connectivity index (χ2n) is 8.30. The molecule has 31 heavy (non-hydrogen) atoms. The number of likely N-dealkylation sites (tertiary alicyclic amines) is 1. The molecule has 1 atom stereocenters. The van der Waals surface area contributed by atoms with Crippen LogP contribution in [0.1, 0.15) is 35.7 Å². The van der Waals surface area contributed by atoms with E-state index in [1.807, 2.05) is 47.4 Å². The average molecular weight is 467 g/mol. The van der Waals surface area contributed by atoms with Crippen molar-refractivity contribution >= 4 is 36.5 Å². The normalized spacial score (nSPS) is 20.5. The maximum Gasteiger partial charge on any atom is 0.254 e. The van der Waals surface area contributed by atoms with Gasteiger partial charge in [0.1, 0.15) is 5.82 Å². The van der Waals surface area contributed by atoms with E-state index < -0.39 is 0 Å². The van der Waals surface area contributed by atoms with Crippen LogP contribution in [0.25, 0.3) is 0 Å². The van der Waals surface area contributed by atoms with Gasteiger partial charge in [0.25, 0.3) is 5.91 Å². The molecule has 0 saturated carbocycles. The number of rotatable bonds is 4. The van der Waals surface area contributed by atoms with Crippen LogP contribution >= 0.6 is 24.8 Å². The lowest BCUT2D eigenvalue weighted by atomic mass is 9.88. The SMILES string of the molecule is CC1CN(C(=O)c2ccccc2)CC2(CCN(CCc3cccnc3N)CC2)O1.Cl.Cl. The van der Waals surface area contributed by atoms with Gasteiger partial charge < -0.3 is 20.3 Å². The maximum absolute atomic E-state index is 13.0. The zero-order valence-corrected chi connectivity index (χ0v) is 19.5. The average Bonchev–Trinajstić information content (AvgIpc) is 2.74. The Morgan fingerprint density at radius 1 is 1.16 bits per heavy atom. The number of halogens is 2. The molecule has 2 aliphatic rings. The molecule has 1 spiro atoms. The largest absolute Gasteiger partial charge is 0.383 e. The van der Waals surface area contributed by atoms with Gasteiger partial charge in [0.05, 0.1) is 18.2 Å². The number of pyridine rings is 1. The highest BCUT2D eigenvalue weighted by Gasteiger charge is 2.43.